The molecule has 1 fully saturated rings. The second-order valence-corrected chi connectivity index (χ2v) is 5.11. The van der Waals surface area contributed by atoms with Gasteiger partial charge in [-0.15, -0.1) is 0 Å². The minimum atomic E-state index is 0.613. The Labute approximate surface area is 103 Å². The standard InChI is InChI=1S/C13H23N3O/c1-4-10(2)13-9-16(6-5-14-13)8-12-7-11(3)17-15-12/h7,10,13-14H,4-6,8-9H2,1-3H3. The summed E-state index contributed by atoms with van der Waals surface area (Å²) in [5, 5.41) is 7.67. The van der Waals surface area contributed by atoms with E-state index >= 15 is 0 Å². The number of aromatic nitrogens is 1. The second kappa shape index (κ2) is 5.65. The fraction of sp³-hybridized carbons (Fsp3) is 0.769. The van der Waals surface area contributed by atoms with E-state index in [4.69, 9.17) is 4.52 Å². The van der Waals surface area contributed by atoms with Crippen molar-refractivity contribution in [2.45, 2.75) is 39.8 Å². The van der Waals surface area contributed by atoms with Crippen LogP contribution in [0.25, 0.3) is 0 Å². The van der Waals surface area contributed by atoms with Crippen molar-refractivity contribution < 1.29 is 4.52 Å². The van der Waals surface area contributed by atoms with Crippen molar-refractivity contribution in [2.24, 2.45) is 5.92 Å². The largest absolute Gasteiger partial charge is 0.361 e. The summed E-state index contributed by atoms with van der Waals surface area (Å²) in [5.41, 5.74) is 1.05. The summed E-state index contributed by atoms with van der Waals surface area (Å²) in [5.74, 6) is 1.63. The molecule has 1 aliphatic rings. The molecule has 0 amide bonds. The molecule has 1 aliphatic heterocycles. The van der Waals surface area contributed by atoms with E-state index in [0.29, 0.717) is 6.04 Å². The van der Waals surface area contributed by atoms with Crippen molar-refractivity contribution in [2.75, 3.05) is 19.6 Å². The molecule has 2 unspecified atom stereocenters. The van der Waals surface area contributed by atoms with E-state index in [1.807, 2.05) is 13.0 Å². The van der Waals surface area contributed by atoms with Crippen LogP contribution >= 0.6 is 0 Å². The van der Waals surface area contributed by atoms with Crippen molar-refractivity contribution in [3.63, 3.8) is 0 Å². The topological polar surface area (TPSA) is 41.3 Å². The third-order valence-corrected chi connectivity index (χ3v) is 3.68. The van der Waals surface area contributed by atoms with E-state index in [1.165, 1.54) is 6.42 Å². The summed E-state index contributed by atoms with van der Waals surface area (Å²) in [7, 11) is 0. The molecule has 4 nitrogen and oxygen atoms in total. The summed E-state index contributed by atoms with van der Waals surface area (Å²) in [6.45, 7) is 10.7. The summed E-state index contributed by atoms with van der Waals surface area (Å²) in [4.78, 5) is 2.46. The van der Waals surface area contributed by atoms with E-state index < -0.39 is 0 Å². The molecule has 2 rings (SSSR count). The Kier molecular flexibility index (Phi) is 4.18. The van der Waals surface area contributed by atoms with Crippen LogP contribution in [0.5, 0.6) is 0 Å². The molecule has 0 saturated carbocycles. The van der Waals surface area contributed by atoms with Gasteiger partial charge in [0.25, 0.3) is 0 Å². The average Bonchev–Trinajstić information content (AvgIpc) is 2.74. The summed E-state index contributed by atoms with van der Waals surface area (Å²) >= 11 is 0. The minimum Gasteiger partial charge on any atom is -0.361 e. The first-order valence-corrected chi connectivity index (χ1v) is 6.57. The predicted molar refractivity (Wildman–Crippen MR) is 67.8 cm³/mol. The SMILES string of the molecule is CCC(C)C1CN(Cc2cc(C)on2)CCN1. The van der Waals surface area contributed by atoms with E-state index in [9.17, 15) is 0 Å². The van der Waals surface area contributed by atoms with Gasteiger partial charge >= 0.3 is 0 Å². The van der Waals surface area contributed by atoms with Gasteiger partial charge in [0, 0.05) is 38.3 Å². The molecule has 96 valence electrons. The van der Waals surface area contributed by atoms with Gasteiger partial charge in [-0.25, -0.2) is 0 Å². The minimum absolute atomic E-state index is 0.613. The molecule has 0 radical (unpaired) electrons. The normalized spacial score (nSPS) is 23.8. The second-order valence-electron chi connectivity index (χ2n) is 5.11. The molecule has 1 aromatic rings. The molecule has 0 spiro atoms. The maximum atomic E-state index is 5.11. The summed E-state index contributed by atoms with van der Waals surface area (Å²) in [6.07, 6.45) is 1.23. The van der Waals surface area contributed by atoms with E-state index in [-0.39, 0.29) is 0 Å². The lowest BCUT2D eigenvalue weighted by atomic mass is 9.97. The van der Waals surface area contributed by atoms with Gasteiger partial charge in [-0.1, -0.05) is 25.4 Å². The number of hydrogen-bond acceptors (Lipinski definition) is 4. The van der Waals surface area contributed by atoms with E-state index in [0.717, 1.165) is 43.6 Å². The number of nitrogens with zero attached hydrogens (tertiary/aromatic N) is 2. The molecule has 4 heteroatoms. The maximum Gasteiger partial charge on any atom is 0.133 e. The zero-order valence-corrected chi connectivity index (χ0v) is 11.1. The number of hydrogen-bond donors (Lipinski definition) is 1. The highest BCUT2D eigenvalue weighted by Crippen LogP contribution is 2.14. The van der Waals surface area contributed by atoms with Crippen LogP contribution in [0.3, 0.4) is 0 Å². The van der Waals surface area contributed by atoms with Crippen LogP contribution in [0.4, 0.5) is 0 Å². The number of rotatable bonds is 4. The number of aryl methyl sites for hydroxylation is 1. The van der Waals surface area contributed by atoms with Gasteiger partial charge in [0.15, 0.2) is 0 Å². The van der Waals surface area contributed by atoms with Gasteiger partial charge in [-0.3, -0.25) is 4.90 Å². The molecule has 17 heavy (non-hydrogen) atoms. The summed E-state index contributed by atoms with van der Waals surface area (Å²) < 4.78 is 5.11. The van der Waals surface area contributed by atoms with Gasteiger partial charge in [-0.05, 0) is 12.8 Å². The average molecular weight is 237 g/mol. The van der Waals surface area contributed by atoms with Crippen molar-refractivity contribution in [1.82, 2.24) is 15.4 Å². The zero-order chi connectivity index (χ0) is 12.3. The van der Waals surface area contributed by atoms with Gasteiger partial charge in [0.2, 0.25) is 0 Å². The highest BCUT2D eigenvalue weighted by Gasteiger charge is 2.23. The van der Waals surface area contributed by atoms with Crippen LogP contribution in [0, 0.1) is 12.8 Å². The molecule has 0 aromatic carbocycles. The Bertz CT molecular complexity index is 350. The van der Waals surface area contributed by atoms with Crippen molar-refractivity contribution in [3.05, 3.63) is 17.5 Å². The van der Waals surface area contributed by atoms with Gasteiger partial charge in [-0.2, -0.15) is 0 Å². The Morgan fingerprint density at radius 1 is 1.65 bits per heavy atom. The van der Waals surface area contributed by atoms with Crippen LogP contribution < -0.4 is 5.32 Å². The van der Waals surface area contributed by atoms with Gasteiger partial charge in [0.05, 0.1) is 5.69 Å². The van der Waals surface area contributed by atoms with E-state index in [2.05, 4.69) is 29.2 Å². The van der Waals surface area contributed by atoms with Crippen LogP contribution in [0.15, 0.2) is 10.6 Å². The van der Waals surface area contributed by atoms with Crippen LogP contribution in [-0.2, 0) is 6.54 Å². The lowest BCUT2D eigenvalue weighted by Gasteiger charge is -2.36. The lowest BCUT2D eigenvalue weighted by molar-refractivity contribution is 0.159. The predicted octanol–water partition coefficient (Wildman–Crippen LogP) is 1.80. The fourth-order valence-corrected chi connectivity index (χ4v) is 2.37. The Morgan fingerprint density at radius 2 is 2.47 bits per heavy atom. The smallest absolute Gasteiger partial charge is 0.133 e. The monoisotopic (exact) mass is 237 g/mol. The molecule has 0 bridgehead atoms. The number of piperazine rings is 1. The molecule has 1 saturated heterocycles. The van der Waals surface area contributed by atoms with Crippen molar-refractivity contribution in [1.29, 1.82) is 0 Å². The first-order valence-electron chi connectivity index (χ1n) is 6.57. The van der Waals surface area contributed by atoms with Gasteiger partial charge < -0.3 is 9.84 Å². The molecular weight excluding hydrogens is 214 g/mol. The Balaban J connectivity index is 1.89. The molecule has 2 heterocycles. The zero-order valence-electron chi connectivity index (χ0n) is 11.1. The molecular formula is C13H23N3O. The van der Waals surface area contributed by atoms with Gasteiger partial charge in [0.1, 0.15) is 5.76 Å². The Hall–Kier alpha value is -0.870. The first kappa shape index (κ1) is 12.6. The first-order chi connectivity index (χ1) is 8.19. The lowest BCUT2D eigenvalue weighted by Crippen LogP contribution is -2.52. The summed E-state index contributed by atoms with van der Waals surface area (Å²) in [6, 6.07) is 2.64. The number of nitrogens with one attached hydrogen (secondary N) is 1. The molecule has 1 aromatic heterocycles. The van der Waals surface area contributed by atoms with Crippen LogP contribution in [0.2, 0.25) is 0 Å². The van der Waals surface area contributed by atoms with Crippen molar-refractivity contribution >= 4 is 0 Å². The van der Waals surface area contributed by atoms with E-state index in [1.54, 1.807) is 0 Å². The van der Waals surface area contributed by atoms with Crippen molar-refractivity contribution in [3.8, 4) is 0 Å². The third kappa shape index (κ3) is 3.30. The molecule has 1 N–H and O–H groups in total. The fourth-order valence-electron chi connectivity index (χ4n) is 2.37. The quantitative estimate of drug-likeness (QED) is 0.867. The Morgan fingerprint density at radius 3 is 3.12 bits per heavy atom. The van der Waals surface area contributed by atoms with Crippen LogP contribution in [0.1, 0.15) is 31.7 Å². The third-order valence-electron chi connectivity index (χ3n) is 3.68. The highest BCUT2D eigenvalue weighted by atomic mass is 16.5. The maximum absolute atomic E-state index is 5.11. The highest BCUT2D eigenvalue weighted by molar-refractivity contribution is 5.03. The molecule has 2 atom stereocenters. The van der Waals surface area contributed by atoms with Crippen LogP contribution in [-0.4, -0.2) is 35.7 Å². The molecule has 0 aliphatic carbocycles.